The first-order chi connectivity index (χ1) is 12.0. The fourth-order valence-corrected chi connectivity index (χ4v) is 4.54. The molecule has 0 bridgehead atoms. The van der Waals surface area contributed by atoms with Gasteiger partial charge in [0, 0.05) is 33.2 Å². The summed E-state index contributed by atoms with van der Waals surface area (Å²) in [6.45, 7) is 9.51. The van der Waals surface area contributed by atoms with Gasteiger partial charge in [0.05, 0.1) is 5.75 Å². The highest BCUT2D eigenvalue weighted by molar-refractivity contribution is 7.89. The molecule has 0 aliphatic carbocycles. The number of aliphatic imine (C=N–C) groups is 1. The number of rotatable bonds is 10. The smallest absolute Gasteiger partial charge is 0.215 e. The molecular weight excluding hydrogens is 338 g/mol. The molecule has 0 amide bonds. The van der Waals surface area contributed by atoms with Crippen LogP contribution in [0.2, 0.25) is 0 Å². The van der Waals surface area contributed by atoms with Crippen LogP contribution in [0.4, 0.5) is 0 Å². The largest absolute Gasteiger partial charge is 0.356 e. The first-order valence-corrected chi connectivity index (χ1v) is 11.3. The van der Waals surface area contributed by atoms with E-state index in [1.54, 1.807) is 7.05 Å². The van der Waals surface area contributed by atoms with Crippen LogP contribution < -0.4 is 10.6 Å². The Morgan fingerprint density at radius 3 is 2.20 bits per heavy atom. The molecule has 0 aromatic rings. The van der Waals surface area contributed by atoms with E-state index in [0.29, 0.717) is 25.6 Å². The van der Waals surface area contributed by atoms with Gasteiger partial charge in [0.1, 0.15) is 0 Å². The molecule has 1 fully saturated rings. The lowest BCUT2D eigenvalue weighted by Crippen LogP contribution is -2.42. The molecule has 7 nitrogen and oxygen atoms in total. The second-order valence-electron chi connectivity index (χ2n) is 6.44. The van der Waals surface area contributed by atoms with Gasteiger partial charge in [-0.1, -0.05) is 26.7 Å². The molecule has 0 radical (unpaired) electrons. The lowest BCUT2D eigenvalue weighted by Gasteiger charge is -2.20. The predicted molar refractivity (Wildman–Crippen MR) is 106 cm³/mol. The Bertz CT molecular complexity index is 469. The molecule has 0 spiro atoms. The minimum atomic E-state index is -3.19. The number of nitrogens with zero attached hydrogens (tertiary/aromatic N) is 3. The van der Waals surface area contributed by atoms with Crippen LogP contribution in [0.3, 0.4) is 0 Å². The molecule has 2 N–H and O–H groups in total. The van der Waals surface area contributed by atoms with Crippen molar-refractivity contribution in [1.29, 1.82) is 0 Å². The average molecular weight is 376 g/mol. The summed E-state index contributed by atoms with van der Waals surface area (Å²) in [5, 5.41) is 6.37. The number of nitrogens with one attached hydrogen (secondary N) is 2. The number of sulfonamides is 1. The van der Waals surface area contributed by atoms with E-state index in [1.807, 2.05) is 13.8 Å². The van der Waals surface area contributed by atoms with E-state index in [-0.39, 0.29) is 5.75 Å². The third-order valence-electron chi connectivity index (χ3n) is 4.62. The summed E-state index contributed by atoms with van der Waals surface area (Å²) < 4.78 is 25.8. The van der Waals surface area contributed by atoms with Gasteiger partial charge < -0.3 is 15.5 Å². The molecule has 25 heavy (non-hydrogen) atoms. The van der Waals surface area contributed by atoms with Crippen molar-refractivity contribution in [2.24, 2.45) is 4.99 Å². The van der Waals surface area contributed by atoms with Gasteiger partial charge >= 0.3 is 0 Å². The van der Waals surface area contributed by atoms with Gasteiger partial charge in [0.25, 0.3) is 0 Å². The van der Waals surface area contributed by atoms with E-state index in [2.05, 4.69) is 20.5 Å². The van der Waals surface area contributed by atoms with Crippen molar-refractivity contribution in [3.05, 3.63) is 0 Å². The van der Waals surface area contributed by atoms with Gasteiger partial charge in [-0.3, -0.25) is 4.99 Å². The zero-order valence-electron chi connectivity index (χ0n) is 16.3. The highest BCUT2D eigenvalue weighted by Gasteiger charge is 2.18. The summed E-state index contributed by atoms with van der Waals surface area (Å²) in [7, 11) is -1.48. The van der Waals surface area contributed by atoms with Gasteiger partial charge in [-0.25, -0.2) is 12.7 Å². The lowest BCUT2D eigenvalue weighted by atomic mass is 10.2. The number of guanidine groups is 1. The third-order valence-corrected chi connectivity index (χ3v) is 6.64. The van der Waals surface area contributed by atoms with Crippen molar-refractivity contribution in [2.75, 3.05) is 58.6 Å². The van der Waals surface area contributed by atoms with Crippen LogP contribution in [0.25, 0.3) is 0 Å². The highest BCUT2D eigenvalue weighted by atomic mass is 32.2. The van der Waals surface area contributed by atoms with E-state index in [1.165, 1.54) is 43.1 Å². The third kappa shape index (κ3) is 8.87. The molecule has 148 valence electrons. The minimum absolute atomic E-state index is 0.0865. The molecule has 0 atom stereocenters. The summed E-state index contributed by atoms with van der Waals surface area (Å²) >= 11 is 0. The van der Waals surface area contributed by atoms with Crippen LogP contribution in [0.5, 0.6) is 0 Å². The van der Waals surface area contributed by atoms with Crippen molar-refractivity contribution in [3.63, 3.8) is 0 Å². The first kappa shape index (κ1) is 22.2. The topological polar surface area (TPSA) is 77.0 Å². The van der Waals surface area contributed by atoms with Crippen molar-refractivity contribution in [3.8, 4) is 0 Å². The molecule has 0 aromatic carbocycles. The van der Waals surface area contributed by atoms with Gasteiger partial charge in [0.15, 0.2) is 5.96 Å². The molecule has 1 saturated heterocycles. The molecule has 1 heterocycles. The van der Waals surface area contributed by atoms with Crippen molar-refractivity contribution >= 4 is 16.0 Å². The van der Waals surface area contributed by atoms with E-state index >= 15 is 0 Å². The van der Waals surface area contributed by atoms with Crippen molar-refractivity contribution in [2.45, 2.75) is 46.0 Å². The summed E-state index contributed by atoms with van der Waals surface area (Å²) in [6, 6.07) is 0. The Kier molecular flexibility index (Phi) is 11.1. The molecule has 1 aliphatic rings. The van der Waals surface area contributed by atoms with Gasteiger partial charge in [-0.05, 0) is 38.9 Å². The Hall–Kier alpha value is -0.860. The average Bonchev–Trinajstić information content (AvgIpc) is 2.86. The van der Waals surface area contributed by atoms with Crippen molar-refractivity contribution in [1.82, 2.24) is 19.8 Å². The number of hydrogen-bond donors (Lipinski definition) is 2. The maximum Gasteiger partial charge on any atom is 0.215 e. The van der Waals surface area contributed by atoms with Crippen LogP contribution in [-0.2, 0) is 10.0 Å². The standard InChI is InChI=1S/C17H37N5O2S/c1-4-22(5-2)25(23,24)16-12-20-17(18-3)19-11-10-15-21-13-8-6-7-9-14-21/h4-16H2,1-3H3,(H2,18,19,20). The zero-order valence-corrected chi connectivity index (χ0v) is 17.1. The molecule has 0 unspecified atom stereocenters. The van der Waals surface area contributed by atoms with Gasteiger partial charge in [-0.15, -0.1) is 0 Å². The Balaban J connectivity index is 2.21. The van der Waals surface area contributed by atoms with Gasteiger partial charge in [0.2, 0.25) is 10.0 Å². The second-order valence-corrected chi connectivity index (χ2v) is 8.52. The Morgan fingerprint density at radius 2 is 1.64 bits per heavy atom. The highest BCUT2D eigenvalue weighted by Crippen LogP contribution is 2.09. The second kappa shape index (κ2) is 12.5. The molecule has 1 aliphatic heterocycles. The molecule has 8 heteroatoms. The van der Waals surface area contributed by atoms with Crippen LogP contribution in [0, 0.1) is 0 Å². The molecule has 0 saturated carbocycles. The van der Waals surface area contributed by atoms with E-state index < -0.39 is 10.0 Å². The Morgan fingerprint density at radius 1 is 1.04 bits per heavy atom. The fraction of sp³-hybridized carbons (Fsp3) is 0.941. The van der Waals surface area contributed by atoms with Crippen molar-refractivity contribution < 1.29 is 8.42 Å². The first-order valence-electron chi connectivity index (χ1n) is 9.68. The molecule has 0 aromatic heterocycles. The zero-order chi connectivity index (χ0) is 18.5. The van der Waals surface area contributed by atoms with Crippen LogP contribution in [0.15, 0.2) is 4.99 Å². The SMILES string of the molecule is CCN(CC)S(=O)(=O)CCNC(=NC)NCCCN1CCCCCC1. The van der Waals surface area contributed by atoms with E-state index in [4.69, 9.17) is 0 Å². The maximum absolute atomic E-state index is 12.1. The van der Waals surface area contributed by atoms with E-state index in [0.717, 1.165) is 19.5 Å². The number of hydrogen-bond acceptors (Lipinski definition) is 4. The summed E-state index contributed by atoms with van der Waals surface area (Å²) in [5.74, 6) is 0.758. The quantitative estimate of drug-likeness (QED) is 0.340. The predicted octanol–water partition coefficient (Wildman–Crippen LogP) is 1.09. The molecular formula is C17H37N5O2S. The fourth-order valence-electron chi connectivity index (χ4n) is 3.13. The summed E-state index contributed by atoms with van der Waals surface area (Å²) in [4.78, 5) is 6.71. The summed E-state index contributed by atoms with van der Waals surface area (Å²) in [5.41, 5.74) is 0. The van der Waals surface area contributed by atoms with Crippen LogP contribution in [0.1, 0.15) is 46.0 Å². The van der Waals surface area contributed by atoms with Crippen LogP contribution in [-0.4, -0.2) is 82.2 Å². The van der Waals surface area contributed by atoms with Crippen LogP contribution >= 0.6 is 0 Å². The number of likely N-dealkylation sites (tertiary alicyclic amines) is 1. The van der Waals surface area contributed by atoms with Gasteiger partial charge in [-0.2, -0.15) is 0 Å². The molecule has 1 rings (SSSR count). The summed E-state index contributed by atoms with van der Waals surface area (Å²) in [6.07, 6.45) is 6.43. The lowest BCUT2D eigenvalue weighted by molar-refractivity contribution is 0.282. The normalized spacial score (nSPS) is 17.5. The Labute approximate surface area is 154 Å². The van der Waals surface area contributed by atoms with E-state index in [9.17, 15) is 8.42 Å². The minimum Gasteiger partial charge on any atom is -0.356 e. The maximum atomic E-state index is 12.1. The monoisotopic (exact) mass is 375 g/mol.